The predicted octanol–water partition coefficient (Wildman–Crippen LogP) is 3.34. The van der Waals surface area contributed by atoms with Crippen molar-refractivity contribution in [1.82, 2.24) is 5.32 Å². The summed E-state index contributed by atoms with van der Waals surface area (Å²) in [5.74, 6) is 1.22. The Morgan fingerprint density at radius 3 is 2.71 bits per heavy atom. The topological polar surface area (TPSA) is 84.6 Å². The Balaban J connectivity index is 1.85. The van der Waals surface area contributed by atoms with E-state index in [4.69, 9.17) is 4.74 Å². The number of nitrogens with one attached hydrogen (secondary N) is 1. The second-order valence-electron chi connectivity index (χ2n) is 7.52. The van der Waals surface area contributed by atoms with Crippen LogP contribution in [0, 0.1) is 16.0 Å². The van der Waals surface area contributed by atoms with Gasteiger partial charge in [-0.15, -0.1) is 0 Å². The third-order valence-electron chi connectivity index (χ3n) is 5.29. The number of benzene rings is 1. The minimum Gasteiger partial charge on any atom is -0.485 e. The number of hydrogen-bond donors (Lipinski definition) is 2. The molecule has 1 saturated carbocycles. The molecule has 6 heteroatoms. The van der Waals surface area contributed by atoms with E-state index in [2.05, 4.69) is 5.32 Å². The van der Waals surface area contributed by atoms with Crippen LogP contribution in [-0.4, -0.2) is 28.3 Å². The van der Waals surface area contributed by atoms with E-state index in [0.29, 0.717) is 17.2 Å². The van der Waals surface area contributed by atoms with Crippen LogP contribution in [0.2, 0.25) is 0 Å². The molecular weight excluding hydrogens is 308 g/mol. The van der Waals surface area contributed by atoms with Gasteiger partial charge in [0.25, 0.3) is 5.69 Å². The van der Waals surface area contributed by atoms with Gasteiger partial charge in [-0.2, -0.15) is 0 Å². The Morgan fingerprint density at radius 1 is 1.33 bits per heavy atom. The van der Waals surface area contributed by atoms with Gasteiger partial charge in [0.1, 0.15) is 17.5 Å². The molecule has 0 bridgehead atoms. The minimum atomic E-state index is -0.768. The molecule has 0 aromatic heterocycles. The highest BCUT2D eigenvalue weighted by Crippen LogP contribution is 2.41. The van der Waals surface area contributed by atoms with Gasteiger partial charge >= 0.3 is 0 Å². The first kappa shape index (κ1) is 17.2. The number of aliphatic hydroxyl groups excluding tert-OH is 1. The monoisotopic (exact) mass is 334 g/mol. The highest BCUT2D eigenvalue weighted by atomic mass is 16.6. The van der Waals surface area contributed by atoms with Crippen LogP contribution in [0.5, 0.6) is 5.75 Å². The van der Waals surface area contributed by atoms with E-state index in [1.54, 1.807) is 6.07 Å². The highest BCUT2D eigenvalue weighted by Gasteiger charge is 2.43. The zero-order valence-corrected chi connectivity index (χ0v) is 14.3. The summed E-state index contributed by atoms with van der Waals surface area (Å²) in [5.41, 5.74) is -0.0477. The third kappa shape index (κ3) is 3.39. The number of rotatable bonds is 4. The molecule has 1 heterocycles. The molecule has 1 fully saturated rings. The van der Waals surface area contributed by atoms with Gasteiger partial charge in [-0.05, 0) is 45.2 Å². The van der Waals surface area contributed by atoms with Crippen LogP contribution in [0.25, 0.3) is 0 Å². The fourth-order valence-corrected chi connectivity index (χ4v) is 3.81. The lowest BCUT2D eigenvalue weighted by Gasteiger charge is -2.42. The van der Waals surface area contributed by atoms with Gasteiger partial charge in [-0.25, -0.2) is 0 Å². The molecule has 6 nitrogen and oxygen atoms in total. The van der Waals surface area contributed by atoms with Crippen molar-refractivity contribution >= 4 is 5.69 Å². The molecule has 132 valence electrons. The van der Waals surface area contributed by atoms with Crippen LogP contribution < -0.4 is 10.1 Å². The van der Waals surface area contributed by atoms with Gasteiger partial charge < -0.3 is 15.2 Å². The van der Waals surface area contributed by atoms with Gasteiger partial charge in [-0.3, -0.25) is 10.1 Å². The number of non-ortho nitro benzene ring substituents is 1. The van der Waals surface area contributed by atoms with Crippen molar-refractivity contribution in [3.63, 3.8) is 0 Å². The lowest BCUT2D eigenvalue weighted by Crippen LogP contribution is -2.53. The van der Waals surface area contributed by atoms with Crippen molar-refractivity contribution in [3.8, 4) is 5.75 Å². The van der Waals surface area contributed by atoms with Crippen LogP contribution in [-0.2, 0) is 0 Å². The second kappa shape index (κ2) is 6.69. The maximum absolute atomic E-state index is 11.1. The summed E-state index contributed by atoms with van der Waals surface area (Å²) in [6, 6.07) is 4.25. The Bertz CT molecular complexity index is 611. The Hall–Kier alpha value is -1.66. The quantitative estimate of drug-likeness (QED) is 0.651. The summed E-state index contributed by atoms with van der Waals surface area (Å²) < 4.78 is 5.88. The Kier molecular flexibility index (Phi) is 4.78. The molecule has 2 N–H and O–H groups in total. The highest BCUT2D eigenvalue weighted by molar-refractivity contribution is 5.48. The lowest BCUT2D eigenvalue weighted by atomic mass is 9.85. The van der Waals surface area contributed by atoms with E-state index < -0.39 is 16.6 Å². The SMILES string of the molecule is CC1(C)Oc2ccc([N+](=O)[O-])cc2[C@H](NCC2CCCCC2)[C@H]1O. The fourth-order valence-electron chi connectivity index (χ4n) is 3.81. The zero-order valence-electron chi connectivity index (χ0n) is 14.3. The molecule has 2 atom stereocenters. The molecule has 0 spiro atoms. The van der Waals surface area contributed by atoms with Crippen molar-refractivity contribution < 1.29 is 14.8 Å². The Morgan fingerprint density at radius 2 is 2.04 bits per heavy atom. The first-order valence-electron chi connectivity index (χ1n) is 8.77. The number of nitrogens with zero attached hydrogens (tertiary/aromatic N) is 1. The van der Waals surface area contributed by atoms with Gasteiger partial charge in [0.2, 0.25) is 0 Å². The molecule has 0 amide bonds. The molecule has 0 saturated heterocycles. The van der Waals surface area contributed by atoms with Crippen molar-refractivity contribution in [2.45, 2.75) is 63.7 Å². The fraction of sp³-hybridized carbons (Fsp3) is 0.667. The summed E-state index contributed by atoms with van der Waals surface area (Å²) >= 11 is 0. The number of nitro groups is 1. The van der Waals surface area contributed by atoms with Crippen LogP contribution in [0.3, 0.4) is 0 Å². The van der Waals surface area contributed by atoms with Crippen molar-refractivity contribution in [2.24, 2.45) is 5.92 Å². The number of ether oxygens (including phenoxy) is 1. The number of fused-ring (bicyclic) bond motifs is 1. The molecule has 1 aromatic carbocycles. The maximum atomic E-state index is 11.1. The molecule has 0 unspecified atom stereocenters. The summed E-state index contributed by atoms with van der Waals surface area (Å²) in [7, 11) is 0. The summed E-state index contributed by atoms with van der Waals surface area (Å²) in [6.45, 7) is 4.51. The van der Waals surface area contributed by atoms with Gasteiger partial charge in [0.15, 0.2) is 0 Å². The third-order valence-corrected chi connectivity index (χ3v) is 5.29. The smallest absolute Gasteiger partial charge is 0.270 e. The predicted molar refractivity (Wildman–Crippen MR) is 91.1 cm³/mol. The Labute approximate surface area is 142 Å². The van der Waals surface area contributed by atoms with E-state index in [-0.39, 0.29) is 11.7 Å². The zero-order chi connectivity index (χ0) is 17.3. The normalized spacial score (nSPS) is 26.5. The average molecular weight is 334 g/mol. The molecule has 1 aliphatic heterocycles. The van der Waals surface area contributed by atoms with Crippen LogP contribution in [0.15, 0.2) is 18.2 Å². The number of aliphatic hydroxyl groups is 1. The number of hydrogen-bond acceptors (Lipinski definition) is 5. The number of nitro benzene ring substituents is 1. The van der Waals surface area contributed by atoms with E-state index in [9.17, 15) is 15.2 Å². The van der Waals surface area contributed by atoms with E-state index in [0.717, 1.165) is 6.54 Å². The first-order chi connectivity index (χ1) is 11.4. The summed E-state index contributed by atoms with van der Waals surface area (Å²) in [4.78, 5) is 10.7. The van der Waals surface area contributed by atoms with Crippen LogP contribution >= 0.6 is 0 Å². The molecule has 3 rings (SSSR count). The van der Waals surface area contributed by atoms with Crippen molar-refractivity contribution in [3.05, 3.63) is 33.9 Å². The lowest BCUT2D eigenvalue weighted by molar-refractivity contribution is -0.385. The summed E-state index contributed by atoms with van der Waals surface area (Å²) in [6.07, 6.45) is 5.47. The minimum absolute atomic E-state index is 0.0220. The molecule has 1 aliphatic carbocycles. The van der Waals surface area contributed by atoms with Gasteiger partial charge in [0, 0.05) is 17.7 Å². The second-order valence-corrected chi connectivity index (χ2v) is 7.52. The molecular formula is C18H26N2O4. The molecule has 1 aromatic rings. The van der Waals surface area contributed by atoms with Gasteiger partial charge in [0.05, 0.1) is 11.0 Å². The van der Waals surface area contributed by atoms with Crippen molar-refractivity contribution in [2.75, 3.05) is 6.54 Å². The van der Waals surface area contributed by atoms with Crippen molar-refractivity contribution in [1.29, 1.82) is 0 Å². The largest absolute Gasteiger partial charge is 0.485 e. The molecule has 2 aliphatic rings. The molecule has 24 heavy (non-hydrogen) atoms. The van der Waals surface area contributed by atoms with Gasteiger partial charge in [-0.1, -0.05) is 19.3 Å². The van der Waals surface area contributed by atoms with E-state index >= 15 is 0 Å². The maximum Gasteiger partial charge on any atom is 0.270 e. The summed E-state index contributed by atoms with van der Waals surface area (Å²) in [5, 5.41) is 25.3. The van der Waals surface area contributed by atoms with Crippen LogP contribution in [0.4, 0.5) is 5.69 Å². The first-order valence-corrected chi connectivity index (χ1v) is 8.77. The average Bonchev–Trinajstić information content (AvgIpc) is 2.55. The van der Waals surface area contributed by atoms with E-state index in [1.165, 1.54) is 44.2 Å². The molecule has 0 radical (unpaired) electrons. The van der Waals surface area contributed by atoms with E-state index in [1.807, 2.05) is 13.8 Å². The standard InChI is InChI=1S/C18H26N2O4/c1-18(2)17(21)16(19-11-12-6-4-3-5-7-12)14-10-13(20(22)23)8-9-15(14)24-18/h8-10,12,16-17,19,21H,3-7,11H2,1-2H3/t16-,17+/m0/s1. The van der Waals surface area contributed by atoms with Crippen LogP contribution in [0.1, 0.15) is 57.6 Å².